The van der Waals surface area contributed by atoms with Gasteiger partial charge in [-0.2, -0.15) is 4.99 Å². The number of hydrogen-bond donors (Lipinski definition) is 3. The number of rotatable bonds is 9. The zero-order valence-corrected chi connectivity index (χ0v) is 40.5. The van der Waals surface area contributed by atoms with Gasteiger partial charge in [-0.05, 0) is 162 Å². The van der Waals surface area contributed by atoms with Crippen LogP contribution in [0.5, 0.6) is 0 Å². The van der Waals surface area contributed by atoms with Crippen molar-refractivity contribution in [3.63, 3.8) is 0 Å². The lowest BCUT2D eigenvalue weighted by molar-refractivity contribution is -0.134. The summed E-state index contributed by atoms with van der Waals surface area (Å²) in [5, 5.41) is 6.59. The number of nitrogens with one attached hydrogen (secondary N) is 2. The van der Waals surface area contributed by atoms with E-state index in [1.54, 1.807) is 34.3 Å². The number of urea groups is 1. The minimum Gasteiger partial charge on any atom is -0.347 e. The Kier molecular flexibility index (Phi) is 15.5. The molecule has 2 fully saturated rings. The minimum atomic E-state index is -3.94. The van der Waals surface area contributed by atoms with E-state index in [1.165, 1.54) is 56.0 Å². The maximum Gasteiger partial charge on any atom is 0.332 e. The van der Waals surface area contributed by atoms with Crippen LogP contribution in [0.1, 0.15) is 111 Å². The Balaban J connectivity index is 0.000000178. The Labute approximate surface area is 379 Å². The molecular weight excluding hydrogens is 857 g/mol. The summed E-state index contributed by atoms with van der Waals surface area (Å²) in [6, 6.07) is 3.16. The third-order valence-electron chi connectivity index (χ3n) is 13.8. The summed E-state index contributed by atoms with van der Waals surface area (Å²) in [5.74, 6) is -0.180. The number of primary sulfonamides is 1. The van der Waals surface area contributed by atoms with Gasteiger partial charge < -0.3 is 15.1 Å². The lowest BCUT2D eigenvalue weighted by Gasteiger charge is -2.28. The molecule has 6 aliphatic rings. The second-order valence-corrected chi connectivity index (χ2v) is 22.9. The molecule has 4 unspecified atom stereocenters. The summed E-state index contributed by atoms with van der Waals surface area (Å²) >= 11 is 0. The predicted molar refractivity (Wildman–Crippen MR) is 248 cm³/mol. The number of sulfonamides is 2. The van der Waals surface area contributed by atoms with Gasteiger partial charge in [0, 0.05) is 59.1 Å². The molecule has 8 rings (SSSR count). The molecule has 2 aromatic rings. The first-order valence-electron chi connectivity index (χ1n) is 22.8. The molecule has 352 valence electrons. The molecule has 0 spiro atoms. The number of benzene rings is 2. The second-order valence-electron chi connectivity index (χ2n) is 19.1. The van der Waals surface area contributed by atoms with Crippen molar-refractivity contribution in [2.24, 2.45) is 10.1 Å². The van der Waals surface area contributed by atoms with Crippen molar-refractivity contribution in [1.29, 1.82) is 0 Å². The summed E-state index contributed by atoms with van der Waals surface area (Å²) in [6.07, 6.45) is 15.0. The van der Waals surface area contributed by atoms with Crippen LogP contribution in [-0.4, -0.2) is 136 Å². The molecule has 4 N–H and O–H groups in total. The number of isocyanates is 1. The number of likely N-dealkylation sites (tertiary alicyclic amines) is 2. The molecule has 4 aliphatic carbocycles. The summed E-state index contributed by atoms with van der Waals surface area (Å²) in [6.45, 7) is 8.34. The van der Waals surface area contributed by atoms with Crippen LogP contribution in [0.2, 0.25) is 0 Å². The molecule has 0 bridgehead atoms. The molecule has 0 saturated carbocycles. The average Bonchev–Trinajstić information content (AvgIpc) is 4.07. The van der Waals surface area contributed by atoms with Crippen molar-refractivity contribution in [2.75, 3.05) is 46.6 Å². The smallest absolute Gasteiger partial charge is 0.332 e. The van der Waals surface area contributed by atoms with E-state index >= 15 is 0 Å². The number of aryl methyl sites for hydroxylation is 4. The van der Waals surface area contributed by atoms with Crippen LogP contribution in [0, 0.1) is 0 Å². The third-order valence-corrected chi connectivity index (χ3v) is 16.8. The zero-order chi connectivity index (χ0) is 46.8. The normalized spacial score (nSPS) is 22.4. The van der Waals surface area contributed by atoms with Gasteiger partial charge in [0.15, 0.2) is 0 Å². The molecule has 2 heterocycles. The Morgan fingerprint density at radius 3 is 1.45 bits per heavy atom. The number of fused-ring (bicyclic) bond motifs is 4. The molecule has 0 radical (unpaired) electrons. The molecule has 64 heavy (non-hydrogen) atoms. The number of aliphatic imine (C=N–C) groups is 1. The highest BCUT2D eigenvalue weighted by Crippen LogP contribution is 2.41. The van der Waals surface area contributed by atoms with Gasteiger partial charge in [0.25, 0.3) is 0 Å². The van der Waals surface area contributed by atoms with Crippen molar-refractivity contribution in [3.8, 4) is 0 Å². The molecule has 4 amide bonds. The van der Waals surface area contributed by atoms with Crippen LogP contribution < -0.4 is 15.2 Å². The standard InChI is InChI=1S/C23H34N4O4S.C13H13NO.C10H21N3O3S/c1-14(2)27-13-17(12-20(27)22(28)26(3)4)32(30,31)25-23(29)24-21-18-9-5-7-15(18)11-16-8-6-10-19(16)21;15-8-14-13-11-5-1-3-9(11)7-10-4-2-6-12(10)13;1-7(2)13-6-8(17(11,15)16)5-9(13)10(14)12(3)4/h11,14,17,20H,5-10,12-13H2,1-4H3,(H2,24,25,29);7H,1-6H2;7-9H,5-6H2,1-4H3,(H2,11,15,16). The van der Waals surface area contributed by atoms with Crippen LogP contribution in [0.4, 0.5) is 16.2 Å². The highest BCUT2D eigenvalue weighted by Gasteiger charge is 2.45. The molecule has 4 atom stereocenters. The van der Waals surface area contributed by atoms with Crippen molar-refractivity contribution in [1.82, 2.24) is 24.3 Å². The summed E-state index contributed by atoms with van der Waals surface area (Å²) < 4.78 is 51.1. The fourth-order valence-corrected chi connectivity index (χ4v) is 12.7. The van der Waals surface area contributed by atoms with Gasteiger partial charge in [-0.15, -0.1) is 0 Å². The second kappa shape index (κ2) is 20.1. The van der Waals surface area contributed by atoms with Crippen LogP contribution in [0.25, 0.3) is 0 Å². The molecular formula is C46H68N8O8S2. The topological polar surface area (TPSA) is 212 Å². The van der Waals surface area contributed by atoms with E-state index < -0.39 is 42.6 Å². The van der Waals surface area contributed by atoms with E-state index in [0.717, 1.165) is 86.7 Å². The number of hydrogen-bond acceptors (Lipinski definition) is 11. The molecule has 18 heteroatoms. The largest absolute Gasteiger partial charge is 0.347 e. The van der Waals surface area contributed by atoms with E-state index in [9.17, 15) is 36.0 Å². The number of anilines is 1. The summed E-state index contributed by atoms with van der Waals surface area (Å²) in [4.78, 5) is 58.6. The van der Waals surface area contributed by atoms with Gasteiger partial charge >= 0.3 is 6.03 Å². The van der Waals surface area contributed by atoms with Gasteiger partial charge in [-0.3, -0.25) is 19.4 Å². The van der Waals surface area contributed by atoms with Crippen LogP contribution in [0.15, 0.2) is 17.1 Å². The van der Waals surface area contributed by atoms with E-state index in [2.05, 4.69) is 27.2 Å². The van der Waals surface area contributed by atoms with E-state index in [4.69, 9.17) is 5.14 Å². The third kappa shape index (κ3) is 10.7. The SMILES string of the molecule is CC(C)N1CC(S(=O)(=O)NC(=O)Nc2c3c(cc4c2CCC4)CCC3)CC1C(=O)N(C)C.CC(C)N1CC(S(N)(=O)=O)CC1C(=O)N(C)C.O=C=Nc1c2c(cc3c1CCC3)CCC2. The molecule has 2 aliphatic heterocycles. The number of nitrogens with zero attached hydrogens (tertiary/aromatic N) is 5. The Morgan fingerprint density at radius 1 is 0.672 bits per heavy atom. The fourth-order valence-electron chi connectivity index (χ4n) is 10.6. The van der Waals surface area contributed by atoms with Crippen LogP contribution in [-0.2, 0) is 85.8 Å². The van der Waals surface area contributed by atoms with Crippen molar-refractivity contribution >= 4 is 55.3 Å². The van der Waals surface area contributed by atoms with Crippen LogP contribution in [0.3, 0.4) is 0 Å². The highest BCUT2D eigenvalue weighted by molar-refractivity contribution is 7.90. The zero-order valence-electron chi connectivity index (χ0n) is 38.8. The average molecular weight is 925 g/mol. The van der Waals surface area contributed by atoms with Crippen molar-refractivity contribution < 1.29 is 36.0 Å². The number of likely N-dealkylation sites (N-methyl/N-ethyl adjacent to an activating group) is 2. The Bertz CT molecular complexity index is 2330. The predicted octanol–water partition coefficient (Wildman–Crippen LogP) is 3.90. The maximum atomic E-state index is 13.1. The van der Waals surface area contributed by atoms with Gasteiger partial charge in [-0.1, -0.05) is 12.1 Å². The van der Waals surface area contributed by atoms with Crippen molar-refractivity contribution in [3.05, 3.63) is 56.6 Å². The number of nitrogens with two attached hydrogens (primary N) is 1. The minimum absolute atomic E-state index is 0.0208. The van der Waals surface area contributed by atoms with Gasteiger partial charge in [0.1, 0.15) is 0 Å². The number of carbonyl (C=O) groups is 3. The lowest BCUT2D eigenvalue weighted by atomic mass is 9.99. The maximum absolute atomic E-state index is 13.1. The highest BCUT2D eigenvalue weighted by atomic mass is 32.2. The van der Waals surface area contributed by atoms with Crippen LogP contribution >= 0.6 is 0 Å². The molecule has 0 aromatic heterocycles. The van der Waals surface area contributed by atoms with E-state index in [-0.39, 0.29) is 49.3 Å². The molecule has 16 nitrogen and oxygen atoms in total. The quantitative estimate of drug-likeness (QED) is 0.244. The van der Waals surface area contributed by atoms with Gasteiger partial charge in [-0.25, -0.2) is 36.3 Å². The Morgan fingerprint density at radius 2 is 1.06 bits per heavy atom. The summed E-state index contributed by atoms with van der Waals surface area (Å²) in [7, 11) is -0.827. The van der Waals surface area contributed by atoms with Crippen molar-refractivity contribution in [2.45, 2.75) is 152 Å². The van der Waals surface area contributed by atoms with E-state index in [1.807, 2.05) is 37.5 Å². The van der Waals surface area contributed by atoms with Gasteiger partial charge in [0.2, 0.25) is 37.9 Å². The fraction of sp³-hybridized carbons (Fsp3) is 0.652. The summed E-state index contributed by atoms with van der Waals surface area (Å²) in [5.41, 5.74) is 12.1. The lowest BCUT2D eigenvalue weighted by Crippen LogP contribution is -2.45. The molecule has 2 saturated heterocycles. The monoisotopic (exact) mass is 924 g/mol. The Hall–Kier alpha value is -4.19. The number of carbonyl (C=O) groups excluding carboxylic acids is 4. The number of amides is 4. The van der Waals surface area contributed by atoms with Gasteiger partial charge in [0.05, 0.1) is 28.3 Å². The molecule has 2 aromatic carbocycles. The first-order chi connectivity index (χ1) is 30.1. The van der Waals surface area contributed by atoms with E-state index in [0.29, 0.717) is 6.54 Å². The first-order valence-corrected chi connectivity index (χ1v) is 26.0. The first kappa shape index (κ1) is 49.2.